The number of aryl methyl sites for hydroxylation is 2. The highest BCUT2D eigenvalue weighted by Gasteiger charge is 2.21. The molecule has 0 saturated heterocycles. The van der Waals surface area contributed by atoms with Crippen molar-refractivity contribution in [3.63, 3.8) is 0 Å². The average molecular weight is 413 g/mol. The van der Waals surface area contributed by atoms with Crippen molar-refractivity contribution in [2.24, 2.45) is 7.05 Å². The first-order chi connectivity index (χ1) is 12.8. The van der Waals surface area contributed by atoms with Crippen LogP contribution in [0.15, 0.2) is 18.7 Å². The van der Waals surface area contributed by atoms with Gasteiger partial charge in [-0.1, -0.05) is 49.2 Å². The largest absolute Gasteiger partial charge is 0.477 e. The predicted molar refractivity (Wildman–Crippen MR) is 106 cm³/mol. The molecule has 27 heavy (non-hydrogen) atoms. The maximum Gasteiger partial charge on any atom is 0.346 e. The van der Waals surface area contributed by atoms with Crippen molar-refractivity contribution in [2.75, 3.05) is 7.11 Å². The number of halogens is 2. The SMILES string of the molecule is C=Cc1c(CCC)nn(C)c1Oc1cc(O[C@@H](C)C(=O)OC)c(Cl)cc1Cl. The lowest BCUT2D eigenvalue weighted by Crippen LogP contribution is -2.25. The van der Waals surface area contributed by atoms with Crippen LogP contribution in [0.1, 0.15) is 31.5 Å². The Morgan fingerprint density at radius 1 is 1.33 bits per heavy atom. The first-order valence-electron chi connectivity index (χ1n) is 8.42. The van der Waals surface area contributed by atoms with Gasteiger partial charge in [-0.3, -0.25) is 0 Å². The Balaban J connectivity index is 2.38. The highest BCUT2D eigenvalue weighted by molar-refractivity contribution is 6.36. The molecule has 0 amide bonds. The summed E-state index contributed by atoms with van der Waals surface area (Å²) >= 11 is 12.5. The summed E-state index contributed by atoms with van der Waals surface area (Å²) in [5.74, 6) is 0.560. The molecule has 0 aliphatic heterocycles. The summed E-state index contributed by atoms with van der Waals surface area (Å²) in [5.41, 5.74) is 1.70. The van der Waals surface area contributed by atoms with Crippen LogP contribution < -0.4 is 9.47 Å². The first kappa shape index (κ1) is 21.1. The van der Waals surface area contributed by atoms with E-state index in [1.165, 1.54) is 19.2 Å². The molecule has 0 radical (unpaired) electrons. The molecule has 1 aromatic carbocycles. The van der Waals surface area contributed by atoms with Gasteiger partial charge in [0.05, 0.1) is 28.4 Å². The van der Waals surface area contributed by atoms with Gasteiger partial charge in [-0.15, -0.1) is 0 Å². The summed E-state index contributed by atoms with van der Waals surface area (Å²) in [6.45, 7) is 7.48. The van der Waals surface area contributed by atoms with Crippen LogP contribution in [0, 0.1) is 0 Å². The standard InChI is InChI=1S/C19H22Cl2N2O4/c1-6-8-15-12(7-2)18(23(4)22-15)27-17-10-16(13(20)9-14(17)21)26-11(3)19(24)25-5/h7,9-11H,2,6,8H2,1,3-5H3/t11-/m0/s1. The summed E-state index contributed by atoms with van der Waals surface area (Å²) in [4.78, 5) is 11.6. The van der Waals surface area contributed by atoms with Gasteiger partial charge in [0.25, 0.3) is 0 Å². The van der Waals surface area contributed by atoms with E-state index in [9.17, 15) is 4.79 Å². The second-order valence-electron chi connectivity index (χ2n) is 5.84. The molecule has 0 unspecified atom stereocenters. The lowest BCUT2D eigenvalue weighted by Gasteiger charge is -2.16. The van der Waals surface area contributed by atoms with Crippen molar-refractivity contribution in [3.05, 3.63) is 40.0 Å². The normalized spacial score (nSPS) is 11.8. The van der Waals surface area contributed by atoms with Crippen molar-refractivity contribution in [3.8, 4) is 17.4 Å². The van der Waals surface area contributed by atoms with E-state index in [1.54, 1.807) is 24.7 Å². The molecule has 0 spiro atoms. The molecule has 0 saturated carbocycles. The highest BCUT2D eigenvalue weighted by atomic mass is 35.5. The van der Waals surface area contributed by atoms with Gasteiger partial charge in [0.2, 0.25) is 5.88 Å². The van der Waals surface area contributed by atoms with Gasteiger partial charge < -0.3 is 14.2 Å². The molecule has 0 aliphatic carbocycles. The van der Waals surface area contributed by atoms with E-state index in [1.807, 2.05) is 0 Å². The first-order valence-corrected chi connectivity index (χ1v) is 9.17. The van der Waals surface area contributed by atoms with E-state index in [4.69, 9.17) is 32.7 Å². The Kier molecular flexibility index (Phi) is 7.16. The number of carbonyl (C=O) groups excluding carboxylic acids is 1. The zero-order chi connectivity index (χ0) is 20.1. The highest BCUT2D eigenvalue weighted by Crippen LogP contribution is 2.39. The van der Waals surface area contributed by atoms with Crippen LogP contribution in [-0.2, 0) is 23.0 Å². The van der Waals surface area contributed by atoms with E-state index in [-0.39, 0.29) is 10.8 Å². The molecule has 2 aromatic rings. The second-order valence-corrected chi connectivity index (χ2v) is 6.66. The zero-order valence-corrected chi connectivity index (χ0v) is 17.2. The summed E-state index contributed by atoms with van der Waals surface area (Å²) in [7, 11) is 3.06. The number of rotatable bonds is 8. The average Bonchev–Trinajstić information content (AvgIpc) is 2.92. The molecular formula is C19H22Cl2N2O4. The van der Waals surface area contributed by atoms with Crippen molar-refractivity contribution >= 4 is 35.2 Å². The molecule has 0 N–H and O–H groups in total. The quantitative estimate of drug-likeness (QED) is 0.567. The van der Waals surface area contributed by atoms with Gasteiger partial charge in [0, 0.05) is 13.1 Å². The van der Waals surface area contributed by atoms with Gasteiger partial charge in [0.1, 0.15) is 5.75 Å². The Labute approximate surface area is 168 Å². The number of methoxy groups -OCH3 is 1. The molecule has 0 fully saturated rings. The molecule has 1 atom stereocenters. The summed E-state index contributed by atoms with van der Waals surface area (Å²) in [5, 5.41) is 5.03. The van der Waals surface area contributed by atoms with Gasteiger partial charge >= 0.3 is 5.97 Å². The minimum atomic E-state index is -0.835. The van der Waals surface area contributed by atoms with E-state index in [0.29, 0.717) is 16.7 Å². The fourth-order valence-corrected chi connectivity index (χ4v) is 2.98. The third-order valence-electron chi connectivity index (χ3n) is 3.83. The second kappa shape index (κ2) is 9.15. The van der Waals surface area contributed by atoms with Gasteiger partial charge in [-0.2, -0.15) is 5.10 Å². The van der Waals surface area contributed by atoms with Crippen LogP contribution in [0.3, 0.4) is 0 Å². The lowest BCUT2D eigenvalue weighted by molar-refractivity contribution is -0.147. The Hall–Kier alpha value is -2.18. The molecule has 0 aliphatic rings. The Morgan fingerprint density at radius 3 is 2.59 bits per heavy atom. The fraction of sp³-hybridized carbons (Fsp3) is 0.368. The van der Waals surface area contributed by atoms with Crippen molar-refractivity contribution in [1.29, 1.82) is 0 Å². The van der Waals surface area contributed by atoms with Crippen LogP contribution in [0.2, 0.25) is 10.0 Å². The number of benzene rings is 1. The van der Waals surface area contributed by atoms with Gasteiger partial charge in [-0.25, -0.2) is 9.48 Å². The number of aromatic nitrogens is 2. The van der Waals surface area contributed by atoms with Crippen LogP contribution in [0.4, 0.5) is 0 Å². The zero-order valence-electron chi connectivity index (χ0n) is 15.7. The number of carbonyl (C=O) groups is 1. The van der Waals surface area contributed by atoms with Crippen LogP contribution in [-0.4, -0.2) is 29.0 Å². The van der Waals surface area contributed by atoms with E-state index >= 15 is 0 Å². The molecule has 0 bridgehead atoms. The molecule has 1 aromatic heterocycles. The molecule has 6 nitrogen and oxygen atoms in total. The number of ether oxygens (including phenoxy) is 3. The van der Waals surface area contributed by atoms with E-state index in [2.05, 4.69) is 23.3 Å². The molecular weight excluding hydrogens is 391 g/mol. The Bertz CT molecular complexity index is 849. The number of esters is 1. The summed E-state index contributed by atoms with van der Waals surface area (Å²) in [6, 6.07) is 3.03. The fourth-order valence-electron chi connectivity index (χ4n) is 2.51. The number of hydrogen-bond donors (Lipinski definition) is 0. The monoisotopic (exact) mass is 412 g/mol. The molecule has 1 heterocycles. The van der Waals surface area contributed by atoms with Gasteiger partial charge in [0.15, 0.2) is 11.9 Å². The maximum absolute atomic E-state index is 11.6. The molecule has 8 heteroatoms. The van der Waals surface area contributed by atoms with Crippen molar-refractivity contribution in [2.45, 2.75) is 32.8 Å². The van der Waals surface area contributed by atoms with E-state index < -0.39 is 12.1 Å². The Morgan fingerprint density at radius 2 is 2.00 bits per heavy atom. The van der Waals surface area contributed by atoms with E-state index in [0.717, 1.165) is 24.1 Å². The topological polar surface area (TPSA) is 62.6 Å². The van der Waals surface area contributed by atoms with Crippen molar-refractivity contribution < 1.29 is 19.0 Å². The van der Waals surface area contributed by atoms with Crippen LogP contribution in [0.25, 0.3) is 6.08 Å². The smallest absolute Gasteiger partial charge is 0.346 e. The third-order valence-corrected chi connectivity index (χ3v) is 4.42. The van der Waals surface area contributed by atoms with Crippen LogP contribution >= 0.6 is 23.2 Å². The molecule has 2 rings (SSSR count). The minimum Gasteiger partial charge on any atom is -0.477 e. The third kappa shape index (κ3) is 4.76. The summed E-state index contributed by atoms with van der Waals surface area (Å²) in [6.07, 6.45) is 2.62. The van der Waals surface area contributed by atoms with Crippen molar-refractivity contribution in [1.82, 2.24) is 9.78 Å². The molecule has 146 valence electrons. The van der Waals surface area contributed by atoms with Crippen LogP contribution in [0.5, 0.6) is 17.4 Å². The summed E-state index contributed by atoms with van der Waals surface area (Å²) < 4.78 is 17.9. The number of hydrogen-bond acceptors (Lipinski definition) is 5. The maximum atomic E-state index is 11.6. The van der Waals surface area contributed by atoms with Gasteiger partial charge in [-0.05, 0) is 19.4 Å². The minimum absolute atomic E-state index is 0.253. The lowest BCUT2D eigenvalue weighted by atomic mass is 10.1. The predicted octanol–water partition coefficient (Wildman–Crippen LogP) is 5.06. The number of nitrogens with zero attached hydrogens (tertiary/aromatic N) is 2.